The molecule has 24 heavy (non-hydrogen) atoms. The zero-order valence-electron chi connectivity index (χ0n) is 13.6. The second kappa shape index (κ2) is 8.26. The summed E-state index contributed by atoms with van der Waals surface area (Å²) in [5, 5.41) is 5.37. The predicted octanol–water partition coefficient (Wildman–Crippen LogP) is 2.17. The maximum atomic E-state index is 13.1. The maximum Gasteiger partial charge on any atom is 0.238 e. The second-order valence-electron chi connectivity index (χ2n) is 5.54. The molecule has 1 atom stereocenters. The summed E-state index contributed by atoms with van der Waals surface area (Å²) >= 11 is 0. The number of benzene rings is 1. The van der Waals surface area contributed by atoms with E-state index in [1.54, 1.807) is 36.4 Å². The standard InChI is InChI=1S/C17H20FN3O3/c1-12(15-7-4-8-24-15)19-16(22)10-21(2)11-17(23)20-14-6-3-5-13(18)9-14/h3-9,12H,10-11H2,1-2H3,(H,19,22)(H,20,23)/t12-/m1/s1. The van der Waals surface area contributed by atoms with Crippen LogP contribution in [-0.2, 0) is 9.59 Å². The molecule has 0 bridgehead atoms. The molecule has 0 saturated carbocycles. The van der Waals surface area contributed by atoms with Crippen molar-refractivity contribution in [2.45, 2.75) is 13.0 Å². The van der Waals surface area contributed by atoms with Gasteiger partial charge in [-0.2, -0.15) is 0 Å². The number of nitrogens with one attached hydrogen (secondary N) is 2. The average molecular weight is 333 g/mol. The molecule has 0 aliphatic heterocycles. The third kappa shape index (κ3) is 5.51. The molecule has 0 radical (unpaired) electrons. The average Bonchev–Trinajstić information content (AvgIpc) is 3.00. The van der Waals surface area contributed by atoms with Crippen LogP contribution in [0.4, 0.5) is 10.1 Å². The Morgan fingerprint density at radius 2 is 1.96 bits per heavy atom. The van der Waals surface area contributed by atoms with Gasteiger partial charge in [0, 0.05) is 5.69 Å². The normalized spacial score (nSPS) is 12.0. The molecule has 2 aromatic rings. The van der Waals surface area contributed by atoms with Gasteiger partial charge < -0.3 is 15.1 Å². The van der Waals surface area contributed by atoms with E-state index in [-0.39, 0.29) is 30.9 Å². The minimum atomic E-state index is -0.424. The minimum Gasteiger partial charge on any atom is -0.467 e. The third-order valence-electron chi connectivity index (χ3n) is 3.28. The molecular formula is C17H20FN3O3. The molecule has 2 amide bonds. The minimum absolute atomic E-state index is 0.0130. The Morgan fingerprint density at radius 3 is 2.62 bits per heavy atom. The van der Waals surface area contributed by atoms with Crippen LogP contribution in [-0.4, -0.2) is 36.9 Å². The summed E-state index contributed by atoms with van der Waals surface area (Å²) < 4.78 is 18.3. The smallest absolute Gasteiger partial charge is 0.238 e. The number of rotatable bonds is 7. The maximum absolute atomic E-state index is 13.1. The lowest BCUT2D eigenvalue weighted by molar-refractivity contribution is -0.123. The highest BCUT2D eigenvalue weighted by atomic mass is 19.1. The Morgan fingerprint density at radius 1 is 1.21 bits per heavy atom. The van der Waals surface area contributed by atoms with Gasteiger partial charge in [-0.05, 0) is 44.3 Å². The number of hydrogen-bond donors (Lipinski definition) is 2. The van der Waals surface area contributed by atoms with Crippen molar-refractivity contribution in [1.82, 2.24) is 10.2 Å². The molecule has 1 aromatic heterocycles. The zero-order valence-corrected chi connectivity index (χ0v) is 13.6. The summed E-state index contributed by atoms with van der Waals surface area (Å²) in [6.45, 7) is 1.88. The number of hydrogen-bond acceptors (Lipinski definition) is 4. The fourth-order valence-electron chi connectivity index (χ4n) is 2.21. The van der Waals surface area contributed by atoms with Crippen molar-refractivity contribution in [3.05, 3.63) is 54.2 Å². The van der Waals surface area contributed by atoms with E-state index in [0.717, 1.165) is 0 Å². The topological polar surface area (TPSA) is 74.6 Å². The van der Waals surface area contributed by atoms with Crippen LogP contribution in [0.3, 0.4) is 0 Å². The van der Waals surface area contributed by atoms with Crippen molar-refractivity contribution in [1.29, 1.82) is 0 Å². The first-order chi connectivity index (χ1) is 11.4. The molecule has 0 aliphatic carbocycles. The Labute approximate surface area is 139 Å². The lowest BCUT2D eigenvalue weighted by atomic mass is 10.2. The number of furan rings is 1. The molecule has 1 heterocycles. The molecule has 0 unspecified atom stereocenters. The van der Waals surface area contributed by atoms with E-state index in [1.807, 2.05) is 6.92 Å². The molecule has 6 nitrogen and oxygen atoms in total. The summed E-state index contributed by atoms with van der Waals surface area (Å²) in [5.74, 6) is -0.308. The Balaban J connectivity index is 1.76. The zero-order chi connectivity index (χ0) is 17.5. The number of halogens is 1. The summed E-state index contributed by atoms with van der Waals surface area (Å²) in [5.41, 5.74) is 0.379. The van der Waals surface area contributed by atoms with Crippen LogP contribution in [0.15, 0.2) is 47.1 Å². The molecule has 0 fully saturated rings. The van der Waals surface area contributed by atoms with E-state index in [0.29, 0.717) is 11.4 Å². The quantitative estimate of drug-likeness (QED) is 0.814. The van der Waals surface area contributed by atoms with Gasteiger partial charge in [-0.1, -0.05) is 6.07 Å². The van der Waals surface area contributed by atoms with Crippen molar-refractivity contribution in [2.75, 3.05) is 25.5 Å². The number of carbonyl (C=O) groups is 2. The number of amides is 2. The summed E-state index contributed by atoms with van der Waals surface area (Å²) in [7, 11) is 1.66. The first-order valence-corrected chi connectivity index (χ1v) is 7.51. The first kappa shape index (κ1) is 17.7. The van der Waals surface area contributed by atoms with Crippen LogP contribution < -0.4 is 10.6 Å². The molecule has 0 spiro atoms. The molecule has 7 heteroatoms. The SMILES string of the molecule is C[C@@H](NC(=O)CN(C)CC(=O)Nc1cccc(F)c1)c1ccco1. The first-order valence-electron chi connectivity index (χ1n) is 7.51. The van der Waals surface area contributed by atoms with Crippen molar-refractivity contribution >= 4 is 17.5 Å². The monoisotopic (exact) mass is 333 g/mol. The van der Waals surface area contributed by atoms with E-state index < -0.39 is 5.82 Å². The lowest BCUT2D eigenvalue weighted by Crippen LogP contribution is -2.39. The van der Waals surface area contributed by atoms with E-state index in [1.165, 1.54) is 18.2 Å². The number of nitrogens with zero attached hydrogens (tertiary/aromatic N) is 1. The van der Waals surface area contributed by atoms with E-state index >= 15 is 0 Å². The van der Waals surface area contributed by atoms with Crippen LogP contribution in [0.5, 0.6) is 0 Å². The molecule has 0 saturated heterocycles. The van der Waals surface area contributed by atoms with Gasteiger partial charge in [0.2, 0.25) is 11.8 Å². The van der Waals surface area contributed by atoms with Gasteiger partial charge in [-0.15, -0.1) is 0 Å². The van der Waals surface area contributed by atoms with Crippen LogP contribution >= 0.6 is 0 Å². The molecule has 1 aromatic carbocycles. The van der Waals surface area contributed by atoms with Crippen molar-refractivity contribution in [3.63, 3.8) is 0 Å². The summed E-state index contributed by atoms with van der Waals surface area (Å²) in [4.78, 5) is 25.4. The molecule has 2 N–H and O–H groups in total. The van der Waals surface area contributed by atoms with Gasteiger partial charge in [0.25, 0.3) is 0 Å². The molecular weight excluding hydrogens is 313 g/mol. The summed E-state index contributed by atoms with van der Waals surface area (Å²) in [6, 6.07) is 8.92. The van der Waals surface area contributed by atoms with Crippen LogP contribution in [0, 0.1) is 5.82 Å². The fourth-order valence-corrected chi connectivity index (χ4v) is 2.21. The molecule has 2 rings (SSSR count). The highest BCUT2D eigenvalue weighted by Crippen LogP contribution is 2.12. The van der Waals surface area contributed by atoms with Crippen molar-refractivity contribution < 1.29 is 18.4 Å². The highest BCUT2D eigenvalue weighted by Gasteiger charge is 2.15. The Bertz CT molecular complexity index is 688. The lowest BCUT2D eigenvalue weighted by Gasteiger charge is -2.18. The highest BCUT2D eigenvalue weighted by molar-refractivity contribution is 5.92. The van der Waals surface area contributed by atoms with Gasteiger partial charge in [0.05, 0.1) is 25.4 Å². The van der Waals surface area contributed by atoms with Crippen molar-refractivity contribution in [2.24, 2.45) is 0 Å². The van der Waals surface area contributed by atoms with Gasteiger partial charge in [0.1, 0.15) is 11.6 Å². The Hall–Kier alpha value is -2.67. The van der Waals surface area contributed by atoms with Gasteiger partial charge in [-0.3, -0.25) is 14.5 Å². The number of likely N-dealkylation sites (N-methyl/N-ethyl adjacent to an activating group) is 1. The largest absolute Gasteiger partial charge is 0.467 e. The van der Waals surface area contributed by atoms with Crippen LogP contribution in [0.1, 0.15) is 18.7 Å². The van der Waals surface area contributed by atoms with Gasteiger partial charge in [0.15, 0.2) is 0 Å². The molecule has 128 valence electrons. The Kier molecular flexibility index (Phi) is 6.08. The van der Waals surface area contributed by atoms with E-state index in [4.69, 9.17) is 4.42 Å². The van der Waals surface area contributed by atoms with Crippen LogP contribution in [0.25, 0.3) is 0 Å². The summed E-state index contributed by atoms with van der Waals surface area (Å²) in [6.07, 6.45) is 1.54. The third-order valence-corrected chi connectivity index (χ3v) is 3.28. The number of carbonyl (C=O) groups excluding carboxylic acids is 2. The predicted molar refractivity (Wildman–Crippen MR) is 87.8 cm³/mol. The number of anilines is 1. The van der Waals surface area contributed by atoms with Crippen molar-refractivity contribution in [3.8, 4) is 0 Å². The second-order valence-corrected chi connectivity index (χ2v) is 5.54. The van der Waals surface area contributed by atoms with Gasteiger partial charge >= 0.3 is 0 Å². The fraction of sp³-hybridized carbons (Fsp3) is 0.294. The molecule has 0 aliphatic rings. The van der Waals surface area contributed by atoms with E-state index in [2.05, 4.69) is 10.6 Å². The van der Waals surface area contributed by atoms with Gasteiger partial charge in [-0.25, -0.2) is 4.39 Å². The van der Waals surface area contributed by atoms with E-state index in [9.17, 15) is 14.0 Å². The van der Waals surface area contributed by atoms with Crippen LogP contribution in [0.2, 0.25) is 0 Å².